The molecule has 0 fully saturated rings. The molecule has 0 aliphatic heterocycles. The van der Waals surface area contributed by atoms with Gasteiger partial charge in [0.25, 0.3) is 0 Å². The summed E-state index contributed by atoms with van der Waals surface area (Å²) in [5.41, 5.74) is 0.721. The average Bonchev–Trinajstić information content (AvgIpc) is 2.29. The SMILES string of the molecule is COCc1ccc2[nH]cc(S(N)(=O)=O)c(=O)c2c1. The van der Waals surface area contributed by atoms with Crippen molar-refractivity contribution in [3.63, 3.8) is 0 Å². The van der Waals surface area contributed by atoms with E-state index >= 15 is 0 Å². The van der Waals surface area contributed by atoms with Crippen LogP contribution >= 0.6 is 0 Å². The Morgan fingerprint density at radius 1 is 1.39 bits per heavy atom. The highest BCUT2D eigenvalue weighted by Gasteiger charge is 2.15. The molecule has 0 saturated carbocycles. The lowest BCUT2D eigenvalue weighted by atomic mass is 10.1. The molecule has 18 heavy (non-hydrogen) atoms. The Morgan fingerprint density at radius 3 is 2.72 bits per heavy atom. The molecule has 1 aromatic heterocycles. The van der Waals surface area contributed by atoms with Crippen LogP contribution in [0.2, 0.25) is 0 Å². The molecule has 0 bridgehead atoms. The van der Waals surface area contributed by atoms with E-state index in [2.05, 4.69) is 4.98 Å². The van der Waals surface area contributed by atoms with Crippen molar-refractivity contribution < 1.29 is 13.2 Å². The van der Waals surface area contributed by atoms with Crippen LogP contribution in [-0.2, 0) is 21.4 Å². The van der Waals surface area contributed by atoms with Crippen LogP contribution in [0.1, 0.15) is 5.56 Å². The van der Waals surface area contributed by atoms with Crippen LogP contribution in [0.25, 0.3) is 10.9 Å². The number of methoxy groups -OCH3 is 1. The van der Waals surface area contributed by atoms with Gasteiger partial charge >= 0.3 is 0 Å². The van der Waals surface area contributed by atoms with Gasteiger partial charge in [-0.3, -0.25) is 4.79 Å². The van der Waals surface area contributed by atoms with Crippen molar-refractivity contribution in [2.75, 3.05) is 7.11 Å². The van der Waals surface area contributed by atoms with Gasteiger partial charge in [-0.15, -0.1) is 0 Å². The van der Waals surface area contributed by atoms with Crippen LogP contribution in [0.3, 0.4) is 0 Å². The van der Waals surface area contributed by atoms with E-state index in [1.807, 2.05) is 0 Å². The Morgan fingerprint density at radius 2 is 2.11 bits per heavy atom. The molecule has 0 unspecified atom stereocenters. The average molecular weight is 268 g/mol. The lowest BCUT2D eigenvalue weighted by Crippen LogP contribution is -2.22. The third-order valence-electron chi connectivity index (χ3n) is 2.53. The van der Waals surface area contributed by atoms with Crippen LogP contribution in [0, 0.1) is 0 Å². The molecule has 96 valence electrons. The van der Waals surface area contributed by atoms with Gasteiger partial charge in [0.2, 0.25) is 15.5 Å². The summed E-state index contributed by atoms with van der Waals surface area (Å²) < 4.78 is 27.4. The van der Waals surface area contributed by atoms with Crippen molar-refractivity contribution in [2.24, 2.45) is 5.14 Å². The lowest BCUT2D eigenvalue weighted by Gasteiger charge is -2.04. The van der Waals surface area contributed by atoms with Crippen molar-refractivity contribution in [2.45, 2.75) is 11.5 Å². The summed E-state index contributed by atoms with van der Waals surface area (Å²) in [7, 11) is -2.49. The largest absolute Gasteiger partial charge is 0.380 e. The van der Waals surface area contributed by atoms with Gasteiger partial charge in [-0.05, 0) is 17.7 Å². The van der Waals surface area contributed by atoms with Gasteiger partial charge in [-0.1, -0.05) is 6.07 Å². The number of aromatic nitrogens is 1. The van der Waals surface area contributed by atoms with Gasteiger partial charge in [-0.25, -0.2) is 13.6 Å². The highest BCUT2D eigenvalue weighted by atomic mass is 32.2. The Kier molecular flexibility index (Phi) is 3.20. The van der Waals surface area contributed by atoms with E-state index in [0.29, 0.717) is 12.1 Å². The molecule has 7 heteroatoms. The second-order valence-electron chi connectivity index (χ2n) is 3.84. The second kappa shape index (κ2) is 4.52. The van der Waals surface area contributed by atoms with E-state index in [9.17, 15) is 13.2 Å². The number of hydrogen-bond donors (Lipinski definition) is 2. The zero-order chi connectivity index (χ0) is 13.3. The van der Waals surface area contributed by atoms with E-state index in [0.717, 1.165) is 11.8 Å². The van der Waals surface area contributed by atoms with Gasteiger partial charge in [-0.2, -0.15) is 0 Å². The molecular weight excluding hydrogens is 256 g/mol. The maximum absolute atomic E-state index is 12.0. The smallest absolute Gasteiger partial charge is 0.243 e. The first-order valence-corrected chi connectivity index (χ1v) is 6.64. The Bertz CT molecular complexity index is 749. The van der Waals surface area contributed by atoms with Crippen molar-refractivity contribution in [3.05, 3.63) is 40.2 Å². The molecule has 0 aliphatic carbocycles. The minimum Gasteiger partial charge on any atom is -0.380 e. The van der Waals surface area contributed by atoms with E-state index in [-0.39, 0.29) is 5.39 Å². The van der Waals surface area contributed by atoms with Crippen molar-refractivity contribution in [3.8, 4) is 0 Å². The van der Waals surface area contributed by atoms with Crippen LogP contribution in [0.4, 0.5) is 0 Å². The minimum atomic E-state index is -4.03. The zero-order valence-electron chi connectivity index (χ0n) is 9.64. The molecule has 2 rings (SSSR count). The summed E-state index contributed by atoms with van der Waals surface area (Å²) in [6.45, 7) is 0.342. The number of nitrogens with two attached hydrogens (primary N) is 1. The number of aromatic amines is 1. The van der Waals surface area contributed by atoms with Crippen molar-refractivity contribution in [1.82, 2.24) is 4.98 Å². The topological polar surface area (TPSA) is 102 Å². The lowest BCUT2D eigenvalue weighted by molar-refractivity contribution is 0.185. The summed E-state index contributed by atoms with van der Waals surface area (Å²) in [4.78, 5) is 14.3. The van der Waals surface area contributed by atoms with E-state index in [1.54, 1.807) is 18.2 Å². The van der Waals surface area contributed by atoms with E-state index in [1.165, 1.54) is 7.11 Å². The van der Waals surface area contributed by atoms with Crippen LogP contribution < -0.4 is 10.6 Å². The van der Waals surface area contributed by atoms with Crippen LogP contribution in [0.5, 0.6) is 0 Å². The number of primary sulfonamides is 1. The monoisotopic (exact) mass is 268 g/mol. The van der Waals surface area contributed by atoms with Crippen molar-refractivity contribution >= 4 is 20.9 Å². The number of fused-ring (bicyclic) bond motifs is 1. The summed E-state index contributed by atoms with van der Waals surface area (Å²) in [5.74, 6) is 0. The number of rotatable bonds is 3. The van der Waals surface area contributed by atoms with E-state index < -0.39 is 20.3 Å². The predicted octanol–water partition coefficient (Wildman–Crippen LogP) is 0.322. The van der Waals surface area contributed by atoms with Crippen molar-refractivity contribution in [1.29, 1.82) is 0 Å². The number of hydrogen-bond acceptors (Lipinski definition) is 4. The minimum absolute atomic E-state index is 0.274. The Hall–Kier alpha value is -1.70. The molecule has 0 radical (unpaired) electrons. The Labute approximate surface area is 103 Å². The maximum Gasteiger partial charge on any atom is 0.243 e. The fraction of sp³-hybridized carbons (Fsp3) is 0.182. The number of ether oxygens (including phenoxy) is 1. The molecule has 0 aliphatic rings. The number of pyridine rings is 1. The molecule has 3 N–H and O–H groups in total. The van der Waals surface area contributed by atoms with Gasteiger partial charge in [0.15, 0.2) is 0 Å². The number of H-pyrrole nitrogens is 1. The summed E-state index contributed by atoms with van der Waals surface area (Å²) in [5, 5.41) is 5.25. The molecule has 0 atom stereocenters. The first kappa shape index (κ1) is 12.7. The third kappa shape index (κ3) is 2.28. The maximum atomic E-state index is 12.0. The predicted molar refractivity (Wildman–Crippen MR) is 66.7 cm³/mol. The summed E-state index contributed by atoms with van der Waals surface area (Å²) in [6.07, 6.45) is 1.11. The number of benzene rings is 1. The van der Waals surface area contributed by atoms with Crippen LogP contribution in [-0.4, -0.2) is 20.5 Å². The van der Waals surface area contributed by atoms with Gasteiger partial charge in [0.1, 0.15) is 4.90 Å². The number of nitrogens with one attached hydrogen (secondary N) is 1. The first-order valence-electron chi connectivity index (χ1n) is 5.09. The molecule has 1 aromatic carbocycles. The van der Waals surface area contributed by atoms with Gasteiger partial charge < -0.3 is 9.72 Å². The highest BCUT2D eigenvalue weighted by Crippen LogP contribution is 2.13. The fourth-order valence-corrected chi connectivity index (χ4v) is 2.31. The van der Waals surface area contributed by atoms with Gasteiger partial charge in [0.05, 0.1) is 6.61 Å². The first-order chi connectivity index (χ1) is 8.43. The van der Waals surface area contributed by atoms with Crippen LogP contribution in [0.15, 0.2) is 34.1 Å². The molecule has 6 nitrogen and oxygen atoms in total. The zero-order valence-corrected chi connectivity index (χ0v) is 10.5. The number of sulfonamides is 1. The normalized spacial score (nSPS) is 11.9. The molecule has 0 amide bonds. The summed E-state index contributed by atoms with van der Waals surface area (Å²) in [6, 6.07) is 5.07. The van der Waals surface area contributed by atoms with Gasteiger partial charge in [0, 0.05) is 24.2 Å². The van der Waals surface area contributed by atoms with E-state index in [4.69, 9.17) is 9.88 Å². The highest BCUT2D eigenvalue weighted by molar-refractivity contribution is 7.89. The molecule has 1 heterocycles. The molecule has 0 saturated heterocycles. The molecule has 2 aromatic rings. The standard InChI is InChI=1S/C11H12N2O4S/c1-17-6-7-2-3-9-8(4-7)11(14)10(5-13-9)18(12,15)16/h2-5H,6H2,1H3,(H,13,14)(H2,12,15,16). The quantitative estimate of drug-likeness (QED) is 0.836. The third-order valence-corrected chi connectivity index (χ3v) is 3.44. The second-order valence-corrected chi connectivity index (χ2v) is 5.37. The summed E-state index contributed by atoms with van der Waals surface area (Å²) >= 11 is 0. The molecular formula is C11H12N2O4S. The molecule has 0 spiro atoms. The fourth-order valence-electron chi connectivity index (χ4n) is 1.71. The Balaban J connectivity index is 2.76.